The summed E-state index contributed by atoms with van der Waals surface area (Å²) in [6.07, 6.45) is 1.83. The van der Waals surface area contributed by atoms with Crippen LogP contribution < -0.4 is 15.9 Å². The first-order valence-corrected chi connectivity index (χ1v) is 10.4. The van der Waals surface area contributed by atoms with Gasteiger partial charge in [0.05, 0.1) is 0 Å². The van der Waals surface area contributed by atoms with E-state index in [2.05, 4.69) is 97.6 Å². The first-order chi connectivity index (χ1) is 13.4. The lowest BCUT2D eigenvalue weighted by molar-refractivity contribution is 1.67. The summed E-state index contributed by atoms with van der Waals surface area (Å²) in [6, 6.07) is 42.4. The average molecular weight is 366 g/mol. The molecule has 0 aliphatic carbocycles. The van der Waals surface area contributed by atoms with Crippen molar-refractivity contribution in [2.45, 2.75) is 0 Å². The molecule has 4 aromatic carbocycles. The van der Waals surface area contributed by atoms with Crippen LogP contribution in [-0.4, -0.2) is 0 Å². The predicted molar refractivity (Wildman–Crippen MR) is 122 cm³/mol. The normalized spacial score (nSPS) is 9.96. The molecule has 0 nitrogen and oxygen atoms in total. The Morgan fingerprint density at radius 3 is 1.00 bits per heavy atom. The second-order valence-electron chi connectivity index (χ2n) is 5.96. The Bertz CT molecular complexity index is 823. The van der Waals surface area contributed by atoms with E-state index in [0.717, 1.165) is 0 Å². The maximum atomic E-state index is 3.63. The van der Waals surface area contributed by atoms with E-state index in [1.807, 2.05) is 36.4 Å². The fraction of sp³-hybridized carbons (Fsp3) is 0. The van der Waals surface area contributed by atoms with E-state index in [1.165, 1.54) is 21.5 Å². The van der Waals surface area contributed by atoms with Gasteiger partial charge < -0.3 is 0 Å². The summed E-state index contributed by atoms with van der Waals surface area (Å²) in [4.78, 5) is 0. The highest BCUT2D eigenvalue weighted by atomic mass is 31.1. The lowest BCUT2D eigenvalue weighted by Crippen LogP contribution is -2.20. The highest BCUT2D eigenvalue weighted by molar-refractivity contribution is 7.79. The molecular formula is C26H23P. The Kier molecular flexibility index (Phi) is 7.16. The molecule has 1 heteroatoms. The molecule has 0 N–H and O–H groups in total. The van der Waals surface area contributed by atoms with Gasteiger partial charge >= 0.3 is 0 Å². The first-order valence-electron chi connectivity index (χ1n) is 9.01. The van der Waals surface area contributed by atoms with Crippen LogP contribution in [0.15, 0.2) is 128 Å². The molecule has 4 aromatic rings. The van der Waals surface area contributed by atoms with Crippen molar-refractivity contribution in [2.75, 3.05) is 0 Å². The van der Waals surface area contributed by atoms with Crippen LogP contribution in [0.25, 0.3) is 6.08 Å². The van der Waals surface area contributed by atoms with Gasteiger partial charge in [0.25, 0.3) is 0 Å². The summed E-state index contributed by atoms with van der Waals surface area (Å²) in [5.74, 6) is 0. The standard InChI is InChI=1S/C18H15P.C8H8/c1-4-10-16(11-5-1)19(17-12-6-2-7-13-17)18-14-8-3-9-15-18;1-2-8-6-4-3-5-7-8/h1-15H;2-7H,1H2. The van der Waals surface area contributed by atoms with E-state index >= 15 is 0 Å². The minimum atomic E-state index is -0.446. The Morgan fingerprint density at radius 2 is 0.741 bits per heavy atom. The monoisotopic (exact) mass is 366 g/mol. The molecule has 27 heavy (non-hydrogen) atoms. The summed E-state index contributed by atoms with van der Waals surface area (Å²) in [7, 11) is -0.446. The molecule has 0 aliphatic rings. The Hall–Kier alpha value is -2.95. The molecule has 0 aliphatic heterocycles. The Morgan fingerprint density at radius 1 is 0.444 bits per heavy atom. The van der Waals surface area contributed by atoms with Crippen molar-refractivity contribution in [1.82, 2.24) is 0 Å². The van der Waals surface area contributed by atoms with Gasteiger partial charge in [-0.2, -0.15) is 0 Å². The molecule has 0 saturated heterocycles. The molecule has 4 rings (SSSR count). The fourth-order valence-electron chi connectivity index (χ4n) is 2.77. The van der Waals surface area contributed by atoms with Crippen molar-refractivity contribution in [3.8, 4) is 0 Å². The molecule has 0 unspecified atom stereocenters. The van der Waals surface area contributed by atoms with Crippen LogP contribution in [-0.2, 0) is 0 Å². The van der Waals surface area contributed by atoms with E-state index in [4.69, 9.17) is 0 Å². The van der Waals surface area contributed by atoms with Gasteiger partial charge in [0.2, 0.25) is 0 Å². The van der Waals surface area contributed by atoms with Crippen LogP contribution in [0.5, 0.6) is 0 Å². The highest BCUT2D eigenvalue weighted by Gasteiger charge is 2.14. The minimum absolute atomic E-state index is 0.446. The quantitative estimate of drug-likeness (QED) is 0.402. The third-order valence-corrected chi connectivity index (χ3v) is 6.52. The summed E-state index contributed by atoms with van der Waals surface area (Å²) in [5.41, 5.74) is 1.17. The summed E-state index contributed by atoms with van der Waals surface area (Å²) < 4.78 is 0. The van der Waals surface area contributed by atoms with Crippen molar-refractivity contribution in [1.29, 1.82) is 0 Å². The van der Waals surface area contributed by atoms with Gasteiger partial charge in [-0.25, -0.2) is 0 Å². The van der Waals surface area contributed by atoms with Crippen LogP contribution in [0.4, 0.5) is 0 Å². The van der Waals surface area contributed by atoms with E-state index in [-0.39, 0.29) is 0 Å². The summed E-state index contributed by atoms with van der Waals surface area (Å²) in [6.45, 7) is 3.63. The van der Waals surface area contributed by atoms with Crippen LogP contribution in [0, 0.1) is 0 Å². The molecule has 0 atom stereocenters. The fourth-order valence-corrected chi connectivity index (χ4v) is 5.07. The van der Waals surface area contributed by atoms with Gasteiger partial charge in [-0.1, -0.05) is 134 Å². The zero-order chi connectivity index (χ0) is 18.7. The first kappa shape index (κ1) is 18.8. The average Bonchev–Trinajstić information content (AvgIpc) is 2.77. The van der Waals surface area contributed by atoms with Crippen LogP contribution >= 0.6 is 7.92 Å². The van der Waals surface area contributed by atoms with E-state index < -0.39 is 7.92 Å². The third-order valence-electron chi connectivity index (χ3n) is 4.08. The Labute approximate surface area is 163 Å². The van der Waals surface area contributed by atoms with Gasteiger partial charge in [-0.05, 0) is 29.4 Å². The molecule has 0 bridgehead atoms. The molecule has 132 valence electrons. The maximum absolute atomic E-state index is 3.63. The van der Waals surface area contributed by atoms with Gasteiger partial charge in [0, 0.05) is 0 Å². The molecule has 0 heterocycles. The second kappa shape index (κ2) is 10.3. The van der Waals surface area contributed by atoms with E-state index in [0.29, 0.717) is 0 Å². The lowest BCUT2D eigenvalue weighted by Gasteiger charge is -2.18. The van der Waals surface area contributed by atoms with Crippen LogP contribution in [0.3, 0.4) is 0 Å². The largest absolute Gasteiger partial charge is 0.0985 e. The lowest BCUT2D eigenvalue weighted by atomic mass is 10.2. The van der Waals surface area contributed by atoms with Crippen LogP contribution in [0.2, 0.25) is 0 Å². The summed E-state index contributed by atoms with van der Waals surface area (Å²) in [5, 5.41) is 4.19. The third kappa shape index (κ3) is 5.51. The Balaban J connectivity index is 0.000000221. The van der Waals surface area contributed by atoms with E-state index in [1.54, 1.807) is 0 Å². The SMILES string of the molecule is C=Cc1ccccc1.c1ccc(P(c2ccccc2)c2ccccc2)cc1. The smallest absolute Gasteiger partial charge is 0.0134 e. The predicted octanol–water partition coefficient (Wildman–Crippen LogP) is 5.77. The molecule has 0 radical (unpaired) electrons. The molecular weight excluding hydrogens is 343 g/mol. The molecule has 0 spiro atoms. The minimum Gasteiger partial charge on any atom is -0.0985 e. The molecule has 0 amide bonds. The number of hydrogen-bond acceptors (Lipinski definition) is 0. The number of hydrogen-bond donors (Lipinski definition) is 0. The molecule has 0 fully saturated rings. The van der Waals surface area contributed by atoms with Crippen molar-refractivity contribution < 1.29 is 0 Å². The van der Waals surface area contributed by atoms with Crippen molar-refractivity contribution in [2.24, 2.45) is 0 Å². The summed E-state index contributed by atoms with van der Waals surface area (Å²) >= 11 is 0. The van der Waals surface area contributed by atoms with Crippen LogP contribution in [0.1, 0.15) is 5.56 Å². The van der Waals surface area contributed by atoms with Crippen molar-refractivity contribution in [3.63, 3.8) is 0 Å². The van der Waals surface area contributed by atoms with E-state index in [9.17, 15) is 0 Å². The van der Waals surface area contributed by atoms with Crippen molar-refractivity contribution in [3.05, 3.63) is 133 Å². The van der Waals surface area contributed by atoms with Gasteiger partial charge in [0.1, 0.15) is 0 Å². The highest BCUT2D eigenvalue weighted by Crippen LogP contribution is 2.32. The topological polar surface area (TPSA) is 0 Å². The van der Waals surface area contributed by atoms with Gasteiger partial charge in [0.15, 0.2) is 0 Å². The molecule has 0 aromatic heterocycles. The van der Waals surface area contributed by atoms with Gasteiger partial charge in [-0.15, -0.1) is 0 Å². The van der Waals surface area contributed by atoms with Crippen molar-refractivity contribution >= 4 is 29.9 Å². The number of rotatable bonds is 4. The zero-order valence-electron chi connectivity index (χ0n) is 15.3. The zero-order valence-corrected chi connectivity index (χ0v) is 16.2. The maximum Gasteiger partial charge on any atom is -0.0134 e. The molecule has 0 saturated carbocycles. The number of benzene rings is 4. The second-order valence-corrected chi connectivity index (χ2v) is 8.18. The van der Waals surface area contributed by atoms with Gasteiger partial charge in [-0.3, -0.25) is 0 Å².